The van der Waals surface area contributed by atoms with E-state index < -0.39 is 10.0 Å². The van der Waals surface area contributed by atoms with Crippen LogP contribution in [0.1, 0.15) is 0 Å². The van der Waals surface area contributed by atoms with Gasteiger partial charge in [-0.15, -0.1) is 0 Å². The van der Waals surface area contributed by atoms with E-state index >= 15 is 0 Å². The predicted molar refractivity (Wildman–Crippen MR) is 50.3 cm³/mol. The number of hydrogen-bond acceptors (Lipinski definition) is 4. The van der Waals surface area contributed by atoms with E-state index in [2.05, 4.69) is 9.71 Å². The van der Waals surface area contributed by atoms with E-state index in [0.29, 0.717) is 11.1 Å². The largest absolute Gasteiger partial charge is 0.427 e. The first-order chi connectivity index (χ1) is 6.63. The molecule has 0 saturated carbocycles. The van der Waals surface area contributed by atoms with Crippen LogP contribution in [-0.2, 0) is 10.0 Å². The van der Waals surface area contributed by atoms with E-state index in [4.69, 9.17) is 4.42 Å². The maximum atomic E-state index is 11.3. The molecule has 2 aromatic rings. The molecule has 6 heteroatoms. The highest BCUT2D eigenvalue weighted by Gasteiger charge is 2.18. The van der Waals surface area contributed by atoms with Crippen LogP contribution in [0.15, 0.2) is 33.9 Å². The fourth-order valence-electron chi connectivity index (χ4n) is 1.05. The number of nitrogens with one attached hydrogen (secondary N) is 1. The number of nitrogens with zero attached hydrogens (tertiary/aromatic N) is 1. The molecule has 0 aliphatic heterocycles. The first-order valence-corrected chi connectivity index (χ1v) is 5.41. The highest BCUT2D eigenvalue weighted by atomic mass is 32.2. The summed E-state index contributed by atoms with van der Waals surface area (Å²) < 4.78 is 29.8. The zero-order chi connectivity index (χ0) is 10.2. The number of hydrogen-bond donors (Lipinski definition) is 1. The summed E-state index contributed by atoms with van der Waals surface area (Å²) in [6.07, 6.45) is 0. The molecule has 0 bridgehead atoms. The van der Waals surface area contributed by atoms with Crippen molar-refractivity contribution in [3.8, 4) is 0 Å². The minimum absolute atomic E-state index is 0.304. The summed E-state index contributed by atoms with van der Waals surface area (Å²) >= 11 is 0. The number of sulfonamides is 1. The average Bonchev–Trinajstić information content (AvgIpc) is 2.61. The number of aromatic nitrogens is 1. The van der Waals surface area contributed by atoms with Crippen molar-refractivity contribution in [2.24, 2.45) is 0 Å². The van der Waals surface area contributed by atoms with Crippen molar-refractivity contribution < 1.29 is 12.8 Å². The van der Waals surface area contributed by atoms with E-state index in [1.165, 1.54) is 7.05 Å². The van der Waals surface area contributed by atoms with Crippen LogP contribution in [0.3, 0.4) is 0 Å². The molecule has 14 heavy (non-hydrogen) atoms. The molecule has 0 unspecified atom stereocenters. The molecule has 2 rings (SSSR count). The van der Waals surface area contributed by atoms with E-state index in [-0.39, 0.29) is 5.22 Å². The van der Waals surface area contributed by atoms with Gasteiger partial charge in [0.05, 0.1) is 0 Å². The van der Waals surface area contributed by atoms with Crippen LogP contribution in [0.5, 0.6) is 0 Å². The molecular weight excluding hydrogens is 204 g/mol. The van der Waals surface area contributed by atoms with Gasteiger partial charge in [0, 0.05) is 0 Å². The fourth-order valence-corrected chi connectivity index (χ4v) is 1.65. The summed E-state index contributed by atoms with van der Waals surface area (Å²) in [5, 5.41) is -0.304. The molecule has 1 aromatic heterocycles. The summed E-state index contributed by atoms with van der Waals surface area (Å²) in [5.74, 6) is 0. The van der Waals surface area contributed by atoms with Crippen molar-refractivity contribution in [3.63, 3.8) is 0 Å². The van der Waals surface area contributed by atoms with Crippen molar-refractivity contribution in [3.05, 3.63) is 24.3 Å². The standard InChI is InChI=1S/C8H8N2O3S/c1-9-14(11,12)8-10-6-4-2-3-5-7(6)13-8/h2-5,9H,1H3. The minimum Gasteiger partial charge on any atom is -0.427 e. The van der Waals surface area contributed by atoms with Crippen molar-refractivity contribution in [1.82, 2.24) is 9.71 Å². The van der Waals surface area contributed by atoms with Crippen LogP contribution in [0.4, 0.5) is 0 Å². The van der Waals surface area contributed by atoms with Gasteiger partial charge in [-0.1, -0.05) is 12.1 Å². The van der Waals surface area contributed by atoms with Gasteiger partial charge < -0.3 is 4.42 Å². The van der Waals surface area contributed by atoms with Gasteiger partial charge in [0.2, 0.25) is 0 Å². The van der Waals surface area contributed by atoms with Gasteiger partial charge in [0.25, 0.3) is 10.0 Å². The second kappa shape index (κ2) is 3.07. The molecule has 1 heterocycles. The lowest BCUT2D eigenvalue weighted by molar-refractivity contribution is 0.455. The first-order valence-electron chi connectivity index (χ1n) is 3.92. The van der Waals surface area contributed by atoms with Gasteiger partial charge in [0.15, 0.2) is 5.58 Å². The molecule has 0 aliphatic carbocycles. The van der Waals surface area contributed by atoms with Gasteiger partial charge in [-0.3, -0.25) is 0 Å². The molecule has 74 valence electrons. The van der Waals surface area contributed by atoms with Crippen LogP contribution < -0.4 is 4.72 Å². The molecule has 0 fully saturated rings. The molecule has 5 nitrogen and oxygen atoms in total. The third kappa shape index (κ3) is 1.38. The highest BCUT2D eigenvalue weighted by Crippen LogP contribution is 2.17. The number of benzene rings is 1. The Morgan fingerprint density at radius 1 is 1.36 bits per heavy atom. The summed E-state index contributed by atoms with van der Waals surface area (Å²) in [6.45, 7) is 0. The molecule has 0 radical (unpaired) electrons. The third-order valence-corrected chi connectivity index (χ3v) is 2.94. The molecule has 0 saturated heterocycles. The summed E-state index contributed by atoms with van der Waals surface area (Å²) in [5.41, 5.74) is 0.989. The van der Waals surface area contributed by atoms with E-state index in [9.17, 15) is 8.42 Å². The van der Waals surface area contributed by atoms with Crippen LogP contribution in [0, 0.1) is 0 Å². The Morgan fingerprint density at radius 2 is 2.07 bits per heavy atom. The van der Waals surface area contributed by atoms with Crippen LogP contribution >= 0.6 is 0 Å². The summed E-state index contributed by atoms with van der Waals surface area (Å²) in [7, 11) is -2.28. The molecule has 0 amide bonds. The number of fused-ring (bicyclic) bond motifs is 1. The maximum Gasteiger partial charge on any atom is 0.331 e. The van der Waals surface area contributed by atoms with Crippen LogP contribution in [0.2, 0.25) is 0 Å². The van der Waals surface area contributed by atoms with E-state index in [1.807, 2.05) is 0 Å². The Labute approximate surface area is 80.8 Å². The van der Waals surface area contributed by atoms with Crippen LogP contribution in [-0.4, -0.2) is 20.4 Å². The lowest BCUT2D eigenvalue weighted by Crippen LogP contribution is -2.18. The number of oxazole rings is 1. The average molecular weight is 212 g/mol. The molecule has 0 spiro atoms. The third-order valence-electron chi connectivity index (χ3n) is 1.77. The maximum absolute atomic E-state index is 11.3. The van der Waals surface area contributed by atoms with Gasteiger partial charge >= 0.3 is 5.22 Å². The smallest absolute Gasteiger partial charge is 0.331 e. The lowest BCUT2D eigenvalue weighted by atomic mass is 10.3. The monoisotopic (exact) mass is 212 g/mol. The van der Waals surface area contributed by atoms with E-state index in [0.717, 1.165) is 0 Å². The molecule has 1 N–H and O–H groups in total. The Kier molecular flexibility index (Phi) is 2.01. The van der Waals surface area contributed by atoms with E-state index in [1.54, 1.807) is 24.3 Å². The minimum atomic E-state index is -3.59. The quantitative estimate of drug-likeness (QED) is 0.796. The van der Waals surface area contributed by atoms with Crippen molar-refractivity contribution >= 4 is 21.1 Å². The zero-order valence-electron chi connectivity index (χ0n) is 7.39. The predicted octanol–water partition coefficient (Wildman–Crippen LogP) is 0.736. The highest BCUT2D eigenvalue weighted by molar-refractivity contribution is 7.89. The second-order valence-corrected chi connectivity index (χ2v) is 4.42. The normalized spacial score (nSPS) is 12.1. The Bertz CT molecular complexity index is 526. The van der Waals surface area contributed by atoms with Gasteiger partial charge in [-0.05, 0) is 19.2 Å². The van der Waals surface area contributed by atoms with Crippen molar-refractivity contribution in [2.75, 3.05) is 7.05 Å². The number of para-hydroxylation sites is 2. The topological polar surface area (TPSA) is 72.2 Å². The molecule has 0 aliphatic rings. The molecular formula is C8H8N2O3S. The summed E-state index contributed by atoms with van der Waals surface area (Å²) in [4.78, 5) is 3.84. The number of rotatable bonds is 2. The van der Waals surface area contributed by atoms with Gasteiger partial charge in [0.1, 0.15) is 5.52 Å². The van der Waals surface area contributed by atoms with Gasteiger partial charge in [-0.2, -0.15) is 4.98 Å². The summed E-state index contributed by atoms with van der Waals surface area (Å²) in [6, 6.07) is 6.87. The van der Waals surface area contributed by atoms with Gasteiger partial charge in [-0.25, -0.2) is 13.1 Å². The van der Waals surface area contributed by atoms with Crippen molar-refractivity contribution in [1.29, 1.82) is 0 Å². The Hall–Kier alpha value is -1.40. The first kappa shape index (κ1) is 9.17. The Balaban J connectivity index is 2.67. The SMILES string of the molecule is CNS(=O)(=O)c1nc2ccccc2o1. The zero-order valence-corrected chi connectivity index (χ0v) is 8.21. The second-order valence-electron chi connectivity index (χ2n) is 2.66. The molecule has 1 aromatic carbocycles. The van der Waals surface area contributed by atoms with Crippen LogP contribution in [0.25, 0.3) is 11.1 Å². The fraction of sp³-hybridized carbons (Fsp3) is 0.125. The molecule has 0 atom stereocenters. The van der Waals surface area contributed by atoms with Crippen molar-refractivity contribution in [2.45, 2.75) is 5.22 Å². The lowest BCUT2D eigenvalue weighted by Gasteiger charge is -1.92. The Morgan fingerprint density at radius 3 is 2.71 bits per heavy atom.